The van der Waals surface area contributed by atoms with Crippen LogP contribution >= 0.6 is 11.8 Å². The van der Waals surface area contributed by atoms with Crippen LogP contribution in [0.3, 0.4) is 0 Å². The van der Waals surface area contributed by atoms with E-state index in [0.717, 1.165) is 77.0 Å². The molecule has 0 atom stereocenters. The Bertz CT molecular complexity index is 1170. The molecule has 2 fully saturated rings. The van der Waals surface area contributed by atoms with E-state index in [2.05, 4.69) is 28.5 Å². The average molecular weight is 466 g/mol. The molecule has 172 valence electrons. The molecule has 0 spiro atoms. The number of fused-ring (bicyclic) bond motifs is 1. The Morgan fingerprint density at radius 3 is 2.70 bits per heavy atom. The van der Waals surface area contributed by atoms with Gasteiger partial charge in [-0.1, -0.05) is 11.8 Å². The third-order valence-corrected chi connectivity index (χ3v) is 7.02. The van der Waals surface area contributed by atoms with Crippen LogP contribution in [-0.4, -0.2) is 59.6 Å². The molecule has 0 unspecified atom stereocenters. The summed E-state index contributed by atoms with van der Waals surface area (Å²) in [5, 5.41) is 4.40. The molecule has 2 saturated heterocycles. The molecule has 0 bridgehead atoms. The van der Waals surface area contributed by atoms with Gasteiger partial charge in [-0.3, -0.25) is 9.59 Å². The summed E-state index contributed by atoms with van der Waals surface area (Å²) in [6, 6.07) is 14.6. The minimum atomic E-state index is -0.404. The second kappa shape index (κ2) is 9.49. The number of hydrogen-bond acceptors (Lipinski definition) is 6. The average Bonchev–Trinajstić information content (AvgIpc) is 3.27. The fraction of sp³-hybridized carbons (Fsp3) is 0.360. The number of methoxy groups -OCH3 is 1. The first kappa shape index (κ1) is 21.9. The van der Waals surface area contributed by atoms with Crippen LogP contribution < -0.4 is 10.1 Å². The molecule has 2 aliphatic heterocycles. The number of carbonyl (C=O) groups is 2. The Balaban J connectivity index is 1.50. The fourth-order valence-electron chi connectivity index (χ4n) is 4.41. The van der Waals surface area contributed by atoms with Gasteiger partial charge in [-0.2, -0.15) is 0 Å². The summed E-state index contributed by atoms with van der Waals surface area (Å²) in [6.07, 6.45) is 1.90. The first-order valence-electron chi connectivity index (χ1n) is 11.2. The van der Waals surface area contributed by atoms with E-state index in [1.165, 1.54) is 0 Å². The predicted molar refractivity (Wildman–Crippen MR) is 131 cm³/mol. The van der Waals surface area contributed by atoms with Crippen molar-refractivity contribution in [2.45, 2.75) is 25.4 Å². The summed E-state index contributed by atoms with van der Waals surface area (Å²) in [4.78, 5) is 29.5. The van der Waals surface area contributed by atoms with Gasteiger partial charge < -0.3 is 24.7 Å². The Morgan fingerprint density at radius 2 is 1.94 bits per heavy atom. The summed E-state index contributed by atoms with van der Waals surface area (Å²) in [7, 11) is 1.66. The fourth-order valence-corrected chi connectivity index (χ4v) is 5.16. The number of anilines is 1. The van der Waals surface area contributed by atoms with Crippen LogP contribution in [-0.2, 0) is 20.9 Å². The Labute approximate surface area is 196 Å². The van der Waals surface area contributed by atoms with Gasteiger partial charge in [-0.25, -0.2) is 0 Å². The van der Waals surface area contributed by atoms with Crippen molar-refractivity contribution in [3.8, 4) is 17.0 Å². The van der Waals surface area contributed by atoms with Gasteiger partial charge >= 0.3 is 5.91 Å². The standard InChI is InChI=1S/C25H27N3O4S/c1-31-20-4-2-17(3-5-20)21-14-18-12-16(15-28-8-11-33-25(30)24(28)29)13-22(23(18)27-21)26-19-6-9-32-10-7-19/h2-5,12-14,19,26-27H,6-11,15H2,1H3. The van der Waals surface area contributed by atoms with E-state index in [9.17, 15) is 9.59 Å². The van der Waals surface area contributed by atoms with Crippen molar-refractivity contribution in [1.82, 2.24) is 9.88 Å². The van der Waals surface area contributed by atoms with E-state index in [0.29, 0.717) is 24.9 Å². The molecular weight excluding hydrogens is 438 g/mol. The largest absolute Gasteiger partial charge is 0.497 e. The number of carbonyl (C=O) groups excluding carboxylic acids is 2. The van der Waals surface area contributed by atoms with Crippen molar-refractivity contribution in [1.29, 1.82) is 0 Å². The van der Waals surface area contributed by atoms with Crippen molar-refractivity contribution in [3.05, 3.63) is 48.0 Å². The van der Waals surface area contributed by atoms with Gasteiger partial charge in [0.15, 0.2) is 0 Å². The molecule has 2 aliphatic rings. The molecule has 0 aliphatic carbocycles. The number of nitrogens with zero attached hydrogens (tertiary/aromatic N) is 1. The Kier molecular flexibility index (Phi) is 6.28. The zero-order valence-electron chi connectivity index (χ0n) is 18.6. The summed E-state index contributed by atoms with van der Waals surface area (Å²) in [6.45, 7) is 2.52. The van der Waals surface area contributed by atoms with E-state index in [4.69, 9.17) is 9.47 Å². The summed E-state index contributed by atoms with van der Waals surface area (Å²) >= 11 is 1.10. The normalized spacial score (nSPS) is 17.5. The predicted octanol–water partition coefficient (Wildman–Crippen LogP) is 4.04. The minimum absolute atomic E-state index is 0.333. The van der Waals surface area contributed by atoms with E-state index in [-0.39, 0.29) is 5.12 Å². The third-order valence-electron chi connectivity index (χ3n) is 6.20. The number of aromatic amines is 1. The summed E-state index contributed by atoms with van der Waals surface area (Å²) < 4.78 is 10.8. The smallest absolute Gasteiger partial charge is 0.301 e. The van der Waals surface area contributed by atoms with Crippen LogP contribution in [0.1, 0.15) is 18.4 Å². The molecule has 0 saturated carbocycles. The van der Waals surface area contributed by atoms with Crippen molar-refractivity contribution >= 4 is 39.4 Å². The molecule has 1 amide bonds. The maximum Gasteiger partial charge on any atom is 0.301 e. The molecule has 5 rings (SSSR count). The van der Waals surface area contributed by atoms with Crippen LogP contribution in [0.4, 0.5) is 5.69 Å². The van der Waals surface area contributed by atoms with E-state index >= 15 is 0 Å². The second-order valence-corrected chi connectivity index (χ2v) is 9.48. The van der Waals surface area contributed by atoms with Crippen molar-refractivity contribution in [2.75, 3.05) is 37.9 Å². The zero-order valence-corrected chi connectivity index (χ0v) is 19.4. The lowest BCUT2D eigenvalue weighted by atomic mass is 10.1. The molecule has 7 nitrogen and oxygen atoms in total. The number of ether oxygens (including phenoxy) is 2. The highest BCUT2D eigenvalue weighted by atomic mass is 32.2. The van der Waals surface area contributed by atoms with Crippen LogP contribution in [0.5, 0.6) is 5.75 Å². The summed E-state index contributed by atoms with van der Waals surface area (Å²) in [5.74, 6) is 1.06. The van der Waals surface area contributed by atoms with Crippen LogP contribution in [0.25, 0.3) is 22.2 Å². The van der Waals surface area contributed by atoms with Gasteiger partial charge in [-0.15, -0.1) is 0 Å². The second-order valence-electron chi connectivity index (χ2n) is 8.41. The maximum atomic E-state index is 12.3. The highest BCUT2D eigenvalue weighted by Crippen LogP contribution is 2.33. The van der Waals surface area contributed by atoms with Gasteiger partial charge in [0.25, 0.3) is 5.12 Å². The van der Waals surface area contributed by atoms with Crippen LogP contribution in [0.15, 0.2) is 42.5 Å². The lowest BCUT2D eigenvalue weighted by Crippen LogP contribution is -2.40. The molecule has 0 radical (unpaired) electrons. The van der Waals surface area contributed by atoms with Crippen LogP contribution in [0.2, 0.25) is 0 Å². The van der Waals surface area contributed by atoms with E-state index in [1.54, 1.807) is 12.0 Å². The first-order chi connectivity index (χ1) is 16.1. The van der Waals surface area contributed by atoms with Crippen molar-refractivity contribution in [3.63, 3.8) is 0 Å². The van der Waals surface area contributed by atoms with Crippen molar-refractivity contribution < 1.29 is 19.1 Å². The lowest BCUT2D eigenvalue weighted by molar-refractivity contribution is -0.141. The topological polar surface area (TPSA) is 83.7 Å². The number of thioether (sulfide) groups is 1. The van der Waals surface area contributed by atoms with Gasteiger partial charge in [0.2, 0.25) is 0 Å². The number of H-pyrrole nitrogens is 1. The van der Waals surface area contributed by atoms with Crippen molar-refractivity contribution in [2.24, 2.45) is 0 Å². The number of amides is 1. The third kappa shape index (κ3) is 4.72. The molecule has 2 aromatic carbocycles. The van der Waals surface area contributed by atoms with Gasteiger partial charge in [0.05, 0.1) is 18.3 Å². The highest BCUT2D eigenvalue weighted by molar-refractivity contribution is 8.15. The monoisotopic (exact) mass is 465 g/mol. The van der Waals surface area contributed by atoms with Crippen LogP contribution in [0, 0.1) is 0 Å². The number of benzene rings is 2. The number of nitrogens with one attached hydrogen (secondary N) is 2. The molecule has 8 heteroatoms. The SMILES string of the molecule is COc1ccc(-c2cc3cc(CN4CCSC(=O)C4=O)cc(NC4CCOCC4)c3[nH]2)cc1. The molecule has 1 aromatic heterocycles. The van der Waals surface area contributed by atoms with E-state index < -0.39 is 5.91 Å². The molecule has 3 heterocycles. The Hall–Kier alpha value is -2.97. The lowest BCUT2D eigenvalue weighted by Gasteiger charge is -2.27. The highest BCUT2D eigenvalue weighted by Gasteiger charge is 2.27. The number of rotatable bonds is 6. The molecule has 33 heavy (non-hydrogen) atoms. The quantitative estimate of drug-likeness (QED) is 0.535. The first-order valence-corrected chi connectivity index (χ1v) is 12.2. The molecule has 3 aromatic rings. The number of aromatic nitrogens is 1. The zero-order chi connectivity index (χ0) is 22.8. The van der Waals surface area contributed by atoms with Gasteiger partial charge in [0.1, 0.15) is 5.75 Å². The maximum absolute atomic E-state index is 12.3. The van der Waals surface area contributed by atoms with Gasteiger partial charge in [-0.05, 0) is 66.4 Å². The molecular formula is C25H27N3O4S. The van der Waals surface area contributed by atoms with Gasteiger partial charge in [0, 0.05) is 49.2 Å². The molecule has 2 N–H and O–H groups in total. The summed E-state index contributed by atoms with van der Waals surface area (Å²) in [5.41, 5.74) is 5.14. The van der Waals surface area contributed by atoms with E-state index in [1.807, 2.05) is 24.3 Å². The number of hydrogen-bond donors (Lipinski definition) is 2. The Morgan fingerprint density at radius 1 is 1.15 bits per heavy atom. The minimum Gasteiger partial charge on any atom is -0.497 e.